The predicted molar refractivity (Wildman–Crippen MR) is 144 cm³/mol. The molecule has 0 amide bonds. The number of hydrogen-bond acceptors (Lipinski definition) is 6. The monoisotopic (exact) mass is 546 g/mol. The Bertz CT molecular complexity index is 1400. The molecule has 0 radical (unpaired) electrons. The summed E-state index contributed by atoms with van der Waals surface area (Å²) in [5.74, 6) is -1.80. The minimum absolute atomic E-state index is 0.0237. The first kappa shape index (κ1) is 28.0. The molecule has 10 heteroatoms. The molecule has 204 valence electrons. The molecule has 3 aromatic rings. The molecule has 0 saturated carbocycles. The number of aliphatic hydroxyl groups is 1. The second kappa shape index (κ2) is 11.8. The zero-order chi connectivity index (χ0) is 27.6. The molecule has 4 rings (SSSR count). The third-order valence-electron chi connectivity index (χ3n) is 7.25. The Kier molecular flexibility index (Phi) is 8.72. The van der Waals surface area contributed by atoms with Gasteiger partial charge in [0.15, 0.2) is 5.43 Å². The average Bonchev–Trinajstić information content (AvgIpc) is 2.92. The van der Waals surface area contributed by atoms with Crippen LogP contribution in [0.3, 0.4) is 0 Å². The number of benzene rings is 2. The van der Waals surface area contributed by atoms with Crippen molar-refractivity contribution in [1.29, 1.82) is 0 Å². The molecule has 1 aromatic heterocycles. The van der Waals surface area contributed by atoms with E-state index >= 15 is 4.39 Å². The normalized spacial score (nSPS) is 15.6. The number of aryl methyl sites for hydroxylation is 1. The maximum absolute atomic E-state index is 15.2. The van der Waals surface area contributed by atoms with Crippen molar-refractivity contribution in [3.05, 3.63) is 73.8 Å². The van der Waals surface area contributed by atoms with Crippen LogP contribution in [0, 0.1) is 5.82 Å². The summed E-state index contributed by atoms with van der Waals surface area (Å²) in [7, 11) is 1.47. The van der Waals surface area contributed by atoms with Crippen molar-refractivity contribution in [1.82, 2.24) is 4.57 Å². The number of carboxylic acid groups (broad SMARTS) is 1. The molecule has 2 atom stereocenters. The summed E-state index contributed by atoms with van der Waals surface area (Å²) in [6, 6.07) is 7.16. The first-order chi connectivity index (χ1) is 18.2. The topological polar surface area (TPSA) is 101 Å². The first-order valence-corrected chi connectivity index (χ1v) is 13.0. The summed E-state index contributed by atoms with van der Waals surface area (Å²) in [6.07, 6.45) is 0.215. The van der Waals surface area contributed by atoms with Crippen LogP contribution < -0.4 is 10.3 Å². The van der Waals surface area contributed by atoms with E-state index < -0.39 is 36.0 Å². The number of carboxylic acids is 1. The van der Waals surface area contributed by atoms with Crippen LogP contribution in [0.4, 0.5) is 10.1 Å². The molecule has 1 aliphatic heterocycles. The fraction of sp³-hybridized carbons (Fsp3) is 0.429. The van der Waals surface area contributed by atoms with Gasteiger partial charge in [-0.05, 0) is 54.3 Å². The maximum Gasteiger partial charge on any atom is 0.352 e. The van der Waals surface area contributed by atoms with Gasteiger partial charge in [0.2, 0.25) is 0 Å². The lowest BCUT2D eigenvalue weighted by Crippen LogP contribution is -2.36. The summed E-state index contributed by atoms with van der Waals surface area (Å²) in [5, 5.41) is 20.3. The van der Waals surface area contributed by atoms with E-state index in [1.807, 2.05) is 6.92 Å². The highest BCUT2D eigenvalue weighted by Gasteiger charge is 2.26. The molecular weight excluding hydrogens is 515 g/mol. The largest absolute Gasteiger partial charge is 0.477 e. The number of hydrogen-bond donors (Lipinski definition) is 2. The number of morpholine rings is 1. The van der Waals surface area contributed by atoms with Gasteiger partial charge in [-0.2, -0.15) is 0 Å². The Morgan fingerprint density at radius 1 is 1.16 bits per heavy atom. The Morgan fingerprint density at radius 3 is 2.47 bits per heavy atom. The predicted octanol–water partition coefficient (Wildman–Crippen LogP) is 4.05. The van der Waals surface area contributed by atoms with Crippen LogP contribution in [-0.4, -0.2) is 66.9 Å². The molecule has 2 heterocycles. The van der Waals surface area contributed by atoms with Crippen LogP contribution in [0.15, 0.2) is 35.1 Å². The number of methoxy groups -OCH3 is 1. The first-order valence-electron chi connectivity index (χ1n) is 12.6. The molecule has 1 fully saturated rings. The molecule has 38 heavy (non-hydrogen) atoms. The van der Waals surface area contributed by atoms with Gasteiger partial charge in [0.05, 0.1) is 42.5 Å². The van der Waals surface area contributed by atoms with Gasteiger partial charge in [0, 0.05) is 43.8 Å². The minimum atomic E-state index is -1.29. The van der Waals surface area contributed by atoms with Crippen LogP contribution in [0.1, 0.15) is 47.1 Å². The van der Waals surface area contributed by atoms with Crippen molar-refractivity contribution in [2.24, 2.45) is 0 Å². The quantitative estimate of drug-likeness (QED) is 0.417. The Labute approximate surface area is 225 Å². The van der Waals surface area contributed by atoms with Crippen molar-refractivity contribution in [2.45, 2.75) is 38.8 Å². The van der Waals surface area contributed by atoms with Crippen LogP contribution in [-0.2, 0) is 22.3 Å². The van der Waals surface area contributed by atoms with E-state index in [4.69, 9.17) is 21.1 Å². The van der Waals surface area contributed by atoms with Crippen molar-refractivity contribution in [2.75, 3.05) is 44.9 Å². The molecule has 0 spiro atoms. The van der Waals surface area contributed by atoms with E-state index in [-0.39, 0.29) is 22.5 Å². The number of rotatable bonds is 9. The Balaban J connectivity index is 1.88. The molecule has 1 saturated heterocycles. The van der Waals surface area contributed by atoms with Crippen LogP contribution in [0.2, 0.25) is 5.02 Å². The van der Waals surface area contributed by atoms with Gasteiger partial charge in [-0.1, -0.05) is 18.5 Å². The van der Waals surface area contributed by atoms with E-state index in [1.165, 1.54) is 11.7 Å². The fourth-order valence-electron chi connectivity index (χ4n) is 5.06. The SMILES string of the molecule is CCc1cc2c(cc1Cc1cc(N3CCOCC3)cc(Cl)c1F)c(=O)cc(C(=O)O)n2C(CO)C(C)OC. The van der Waals surface area contributed by atoms with Gasteiger partial charge in [-0.15, -0.1) is 0 Å². The fourth-order valence-corrected chi connectivity index (χ4v) is 5.29. The lowest BCUT2D eigenvalue weighted by molar-refractivity contribution is 0.0426. The molecule has 2 aromatic carbocycles. The highest BCUT2D eigenvalue weighted by atomic mass is 35.5. The van der Waals surface area contributed by atoms with E-state index in [2.05, 4.69) is 4.90 Å². The summed E-state index contributed by atoms with van der Waals surface area (Å²) in [4.78, 5) is 27.3. The van der Waals surface area contributed by atoms with Crippen LogP contribution >= 0.6 is 11.6 Å². The van der Waals surface area contributed by atoms with Gasteiger partial charge < -0.3 is 29.2 Å². The second-order valence-corrected chi connectivity index (χ2v) is 9.84. The van der Waals surface area contributed by atoms with Gasteiger partial charge in [0.1, 0.15) is 11.5 Å². The van der Waals surface area contributed by atoms with Gasteiger partial charge in [-0.25, -0.2) is 9.18 Å². The molecule has 2 N–H and O–H groups in total. The van der Waals surface area contributed by atoms with Gasteiger partial charge in [-0.3, -0.25) is 4.79 Å². The van der Waals surface area contributed by atoms with Crippen molar-refractivity contribution < 1.29 is 28.9 Å². The number of aliphatic hydroxyl groups excluding tert-OH is 1. The number of nitrogens with zero attached hydrogens (tertiary/aromatic N) is 2. The smallest absolute Gasteiger partial charge is 0.352 e. The lowest BCUT2D eigenvalue weighted by Gasteiger charge is -2.29. The minimum Gasteiger partial charge on any atom is -0.477 e. The molecule has 8 nitrogen and oxygen atoms in total. The number of carbonyl (C=O) groups is 1. The number of ether oxygens (including phenoxy) is 2. The Hall–Kier alpha value is -2.98. The second-order valence-electron chi connectivity index (χ2n) is 9.43. The maximum atomic E-state index is 15.2. The summed E-state index contributed by atoms with van der Waals surface area (Å²) in [6.45, 7) is 5.77. The van der Waals surface area contributed by atoms with Gasteiger partial charge in [0.25, 0.3) is 0 Å². The van der Waals surface area contributed by atoms with Gasteiger partial charge >= 0.3 is 5.97 Å². The van der Waals surface area contributed by atoms with Crippen molar-refractivity contribution >= 4 is 34.2 Å². The summed E-state index contributed by atoms with van der Waals surface area (Å²) < 4.78 is 27.5. The summed E-state index contributed by atoms with van der Waals surface area (Å²) >= 11 is 6.28. The average molecular weight is 547 g/mol. The molecule has 0 bridgehead atoms. The van der Waals surface area contributed by atoms with E-state index in [0.717, 1.165) is 22.9 Å². The number of anilines is 1. The van der Waals surface area contributed by atoms with E-state index in [0.29, 0.717) is 43.8 Å². The highest BCUT2D eigenvalue weighted by Crippen LogP contribution is 2.31. The third-order valence-corrected chi connectivity index (χ3v) is 7.52. The molecular formula is C28H32ClFN2O6. The van der Waals surface area contributed by atoms with E-state index in [1.54, 1.807) is 31.2 Å². The molecule has 1 aliphatic rings. The number of aromatic carboxylic acids is 1. The third kappa shape index (κ3) is 5.42. The van der Waals surface area contributed by atoms with E-state index in [9.17, 15) is 19.8 Å². The van der Waals surface area contributed by atoms with Crippen LogP contribution in [0.5, 0.6) is 0 Å². The number of pyridine rings is 1. The zero-order valence-corrected chi connectivity index (χ0v) is 22.4. The molecule has 0 aliphatic carbocycles. The van der Waals surface area contributed by atoms with Crippen LogP contribution in [0.25, 0.3) is 10.9 Å². The number of aromatic nitrogens is 1. The molecule has 2 unspecified atom stereocenters. The highest BCUT2D eigenvalue weighted by molar-refractivity contribution is 6.31. The lowest BCUT2D eigenvalue weighted by atomic mass is 9.94. The van der Waals surface area contributed by atoms with Crippen molar-refractivity contribution in [3.63, 3.8) is 0 Å². The number of halogens is 2. The summed E-state index contributed by atoms with van der Waals surface area (Å²) in [5.41, 5.74) is 2.43. The number of fused-ring (bicyclic) bond motifs is 1. The Morgan fingerprint density at radius 2 is 1.87 bits per heavy atom. The standard InChI is InChI=1S/C28H32ClFN2O6/c1-4-17-12-23-21(26(34)14-24(28(35)36)32(23)25(15-33)16(2)37-3)11-18(17)9-19-10-20(13-22(29)27(19)30)31-5-7-38-8-6-31/h10-14,16,25,33H,4-9,15H2,1-3H3,(H,35,36). The zero-order valence-electron chi connectivity index (χ0n) is 21.7. The van der Waals surface area contributed by atoms with Crippen molar-refractivity contribution in [3.8, 4) is 0 Å².